The maximum Gasteiger partial charge on any atom is 0.123 e. The van der Waals surface area contributed by atoms with E-state index < -0.39 is 0 Å². The van der Waals surface area contributed by atoms with Crippen LogP contribution in [0.1, 0.15) is 5.56 Å². The van der Waals surface area contributed by atoms with E-state index in [0.29, 0.717) is 16.6 Å². The fourth-order valence-electron chi connectivity index (χ4n) is 2.32. The number of benzene rings is 2. The zero-order chi connectivity index (χ0) is 15.5. The summed E-state index contributed by atoms with van der Waals surface area (Å²) < 4.78 is 27.0. The number of alkyl halides is 1. The van der Waals surface area contributed by atoms with E-state index in [1.165, 1.54) is 24.3 Å². The zero-order valence-electron chi connectivity index (χ0n) is 11.6. The Morgan fingerprint density at radius 2 is 1.50 bits per heavy atom. The topological polar surface area (TPSA) is 12.9 Å². The van der Waals surface area contributed by atoms with Gasteiger partial charge in [0.2, 0.25) is 0 Å². The molecule has 0 aliphatic rings. The van der Waals surface area contributed by atoms with Gasteiger partial charge in [-0.15, -0.1) is 0 Å². The van der Waals surface area contributed by atoms with Crippen LogP contribution in [0.2, 0.25) is 0 Å². The normalized spacial score (nSPS) is 10.7. The van der Waals surface area contributed by atoms with Crippen molar-refractivity contribution in [2.75, 3.05) is 0 Å². The fraction of sp³-hybridized carbons (Fsp3) is 0.0556. The minimum atomic E-state index is -0.325. The summed E-state index contributed by atoms with van der Waals surface area (Å²) in [7, 11) is 0. The van der Waals surface area contributed by atoms with Crippen LogP contribution in [0.4, 0.5) is 8.78 Å². The van der Waals surface area contributed by atoms with Crippen molar-refractivity contribution >= 4 is 15.9 Å². The van der Waals surface area contributed by atoms with E-state index in [1.807, 2.05) is 12.1 Å². The molecule has 0 aliphatic carbocycles. The molecule has 1 nitrogen and oxygen atoms in total. The molecule has 110 valence electrons. The first-order chi connectivity index (χ1) is 10.7. The molecule has 0 amide bonds. The Balaban J connectivity index is 2.22. The van der Waals surface area contributed by atoms with Gasteiger partial charge in [0.15, 0.2) is 0 Å². The van der Waals surface area contributed by atoms with E-state index >= 15 is 0 Å². The van der Waals surface area contributed by atoms with Crippen molar-refractivity contribution in [2.45, 2.75) is 5.33 Å². The van der Waals surface area contributed by atoms with Gasteiger partial charge in [0, 0.05) is 22.7 Å². The molecule has 0 radical (unpaired) electrons. The summed E-state index contributed by atoms with van der Waals surface area (Å²) in [5.74, 6) is -0.638. The molecule has 1 aromatic heterocycles. The lowest BCUT2D eigenvalue weighted by atomic mass is 9.98. The van der Waals surface area contributed by atoms with Crippen LogP contribution >= 0.6 is 15.9 Å². The van der Waals surface area contributed by atoms with Crippen molar-refractivity contribution in [1.82, 2.24) is 4.98 Å². The van der Waals surface area contributed by atoms with Crippen LogP contribution < -0.4 is 0 Å². The van der Waals surface area contributed by atoms with Gasteiger partial charge in [0.05, 0.1) is 5.69 Å². The predicted molar refractivity (Wildman–Crippen MR) is 87.7 cm³/mol. The lowest BCUT2D eigenvalue weighted by molar-refractivity contribution is 0.627. The Morgan fingerprint density at radius 1 is 0.864 bits per heavy atom. The number of hydrogen-bond donors (Lipinski definition) is 0. The first-order valence-electron chi connectivity index (χ1n) is 6.74. The Kier molecular flexibility index (Phi) is 4.29. The molecule has 0 bridgehead atoms. The van der Waals surface area contributed by atoms with Crippen LogP contribution in [0.5, 0.6) is 0 Å². The van der Waals surface area contributed by atoms with Crippen LogP contribution in [0, 0.1) is 11.6 Å². The fourth-order valence-corrected chi connectivity index (χ4v) is 2.63. The maximum atomic E-state index is 13.5. The third-order valence-electron chi connectivity index (χ3n) is 3.33. The van der Waals surface area contributed by atoms with Gasteiger partial charge in [-0.3, -0.25) is 4.98 Å². The van der Waals surface area contributed by atoms with E-state index in [1.54, 1.807) is 24.4 Å². The first kappa shape index (κ1) is 14.9. The highest BCUT2D eigenvalue weighted by Crippen LogP contribution is 2.32. The van der Waals surface area contributed by atoms with E-state index in [9.17, 15) is 8.78 Å². The number of nitrogens with zero attached hydrogens (tertiary/aromatic N) is 1. The molecular formula is C18H12BrF2N. The molecule has 3 aromatic rings. The second-order valence-corrected chi connectivity index (χ2v) is 5.45. The Labute approximate surface area is 135 Å². The average molecular weight is 360 g/mol. The molecule has 4 heteroatoms. The van der Waals surface area contributed by atoms with Gasteiger partial charge in [-0.25, -0.2) is 8.78 Å². The van der Waals surface area contributed by atoms with Crippen LogP contribution in [0.3, 0.4) is 0 Å². The third kappa shape index (κ3) is 3.07. The second kappa shape index (κ2) is 6.36. The van der Waals surface area contributed by atoms with Crippen LogP contribution in [-0.4, -0.2) is 4.98 Å². The molecule has 3 rings (SSSR count). The van der Waals surface area contributed by atoms with Crippen molar-refractivity contribution < 1.29 is 8.78 Å². The van der Waals surface area contributed by atoms with Crippen molar-refractivity contribution in [2.24, 2.45) is 0 Å². The number of pyridine rings is 1. The molecule has 2 aromatic carbocycles. The summed E-state index contributed by atoms with van der Waals surface area (Å²) >= 11 is 3.40. The Morgan fingerprint density at radius 3 is 2.14 bits per heavy atom. The number of halogens is 3. The van der Waals surface area contributed by atoms with Gasteiger partial charge in [0.25, 0.3) is 0 Å². The summed E-state index contributed by atoms with van der Waals surface area (Å²) in [6.45, 7) is 0. The molecule has 0 saturated heterocycles. The third-order valence-corrected chi connectivity index (χ3v) is 3.98. The summed E-state index contributed by atoms with van der Waals surface area (Å²) in [5, 5.41) is 0.645. The minimum absolute atomic E-state index is 0.313. The van der Waals surface area contributed by atoms with Gasteiger partial charge in [0.1, 0.15) is 11.6 Å². The lowest BCUT2D eigenvalue weighted by Gasteiger charge is -2.11. The average Bonchev–Trinajstić information content (AvgIpc) is 2.54. The van der Waals surface area contributed by atoms with Gasteiger partial charge in [-0.1, -0.05) is 40.2 Å². The number of rotatable bonds is 3. The predicted octanol–water partition coefficient (Wildman–Crippen LogP) is 5.59. The summed E-state index contributed by atoms with van der Waals surface area (Å²) in [6.07, 6.45) is 1.73. The largest absolute Gasteiger partial charge is 0.255 e. The molecule has 22 heavy (non-hydrogen) atoms. The number of hydrogen-bond acceptors (Lipinski definition) is 1. The molecule has 0 atom stereocenters. The van der Waals surface area contributed by atoms with Gasteiger partial charge in [-0.05, 0) is 41.5 Å². The Bertz CT molecular complexity index is 818. The highest BCUT2D eigenvalue weighted by atomic mass is 79.9. The summed E-state index contributed by atoms with van der Waals surface area (Å²) in [5.41, 5.74) is 3.77. The molecular weight excluding hydrogens is 348 g/mol. The van der Waals surface area contributed by atoms with Crippen LogP contribution in [0.25, 0.3) is 22.4 Å². The maximum absolute atomic E-state index is 13.5. The highest BCUT2D eigenvalue weighted by molar-refractivity contribution is 9.08. The van der Waals surface area contributed by atoms with E-state index in [0.717, 1.165) is 16.7 Å². The molecule has 0 aliphatic heterocycles. The van der Waals surface area contributed by atoms with E-state index in [-0.39, 0.29) is 11.6 Å². The monoisotopic (exact) mass is 359 g/mol. The van der Waals surface area contributed by atoms with Gasteiger partial charge < -0.3 is 0 Å². The van der Waals surface area contributed by atoms with Crippen LogP contribution in [0.15, 0.2) is 60.8 Å². The molecule has 0 N–H and O–H groups in total. The zero-order valence-corrected chi connectivity index (χ0v) is 13.1. The summed E-state index contributed by atoms with van der Waals surface area (Å²) in [6, 6.07) is 14.5. The smallest absolute Gasteiger partial charge is 0.123 e. The van der Waals surface area contributed by atoms with Gasteiger partial charge >= 0.3 is 0 Å². The minimum Gasteiger partial charge on any atom is -0.255 e. The lowest BCUT2D eigenvalue weighted by Crippen LogP contribution is -1.93. The van der Waals surface area contributed by atoms with E-state index in [2.05, 4.69) is 20.9 Å². The molecule has 0 saturated carbocycles. The highest BCUT2D eigenvalue weighted by Gasteiger charge is 2.11. The Hall–Kier alpha value is -2.07. The van der Waals surface area contributed by atoms with Gasteiger partial charge in [-0.2, -0.15) is 0 Å². The molecule has 0 fully saturated rings. The molecule has 0 unspecified atom stereocenters. The first-order valence-corrected chi connectivity index (χ1v) is 7.86. The SMILES string of the molecule is Fc1cccc(-c2cc(CBr)cnc2-c2cccc(F)c2)c1. The summed E-state index contributed by atoms with van der Waals surface area (Å²) in [4.78, 5) is 4.45. The van der Waals surface area contributed by atoms with Crippen molar-refractivity contribution in [3.8, 4) is 22.4 Å². The molecule has 0 spiro atoms. The molecule has 1 heterocycles. The van der Waals surface area contributed by atoms with Crippen molar-refractivity contribution in [1.29, 1.82) is 0 Å². The standard InChI is InChI=1S/C18H12BrF2N/c19-10-12-7-17(13-3-1-5-15(20)8-13)18(22-11-12)14-4-2-6-16(21)9-14/h1-9,11H,10H2. The number of aromatic nitrogens is 1. The van der Waals surface area contributed by atoms with Crippen molar-refractivity contribution in [3.63, 3.8) is 0 Å². The van der Waals surface area contributed by atoms with E-state index in [4.69, 9.17) is 0 Å². The second-order valence-electron chi connectivity index (χ2n) is 4.89. The van der Waals surface area contributed by atoms with Crippen molar-refractivity contribution in [3.05, 3.63) is 78.0 Å². The quantitative estimate of drug-likeness (QED) is 0.555. The van der Waals surface area contributed by atoms with Crippen LogP contribution in [-0.2, 0) is 5.33 Å².